The van der Waals surface area contributed by atoms with Crippen molar-refractivity contribution in [1.29, 1.82) is 0 Å². The van der Waals surface area contributed by atoms with Gasteiger partial charge in [-0.3, -0.25) is 13.8 Å². The number of rotatable bonds is 6. The number of carboxylic acids is 1. The fraction of sp³-hybridized carbons (Fsp3) is 0.733. The molecule has 22 heavy (non-hydrogen) atoms. The maximum atomic E-state index is 12.3. The molecule has 1 fully saturated rings. The molecule has 1 aliphatic carbocycles. The highest BCUT2D eigenvalue weighted by Crippen LogP contribution is 2.36. The maximum absolute atomic E-state index is 12.3. The van der Waals surface area contributed by atoms with Crippen LogP contribution in [0.2, 0.25) is 0 Å². The maximum Gasteiger partial charge on any atom is 0.326 e. The lowest BCUT2D eigenvalue weighted by molar-refractivity contribution is -0.155. The molecule has 0 radical (unpaired) electrons. The highest BCUT2D eigenvalue weighted by molar-refractivity contribution is 8.01. The van der Waals surface area contributed by atoms with Crippen molar-refractivity contribution in [1.82, 2.24) is 4.90 Å². The zero-order valence-electron chi connectivity index (χ0n) is 13.7. The molecule has 1 N–H and O–H groups in total. The molecule has 0 bridgehead atoms. The molecule has 0 heterocycles. The van der Waals surface area contributed by atoms with Crippen molar-refractivity contribution in [2.45, 2.75) is 32.7 Å². The van der Waals surface area contributed by atoms with Crippen molar-refractivity contribution in [2.75, 3.05) is 19.6 Å². The minimum atomic E-state index is -2.23. The van der Waals surface area contributed by atoms with E-state index in [1.165, 1.54) is 29.8 Å². The van der Waals surface area contributed by atoms with E-state index in [0.717, 1.165) is 0 Å². The van der Waals surface area contributed by atoms with E-state index in [4.69, 9.17) is 0 Å². The van der Waals surface area contributed by atoms with Gasteiger partial charge in [-0.2, -0.15) is 0 Å². The van der Waals surface area contributed by atoms with Crippen LogP contribution in [0.15, 0.2) is 0 Å². The molecule has 0 unspecified atom stereocenters. The molecule has 7 heteroatoms. The van der Waals surface area contributed by atoms with Crippen molar-refractivity contribution in [3.63, 3.8) is 0 Å². The number of ketones is 1. The second kappa shape index (κ2) is 6.81. The number of Topliss-reactive ketones (excluding diaryl/α,β-unsaturated/α-hetero) is 1. The fourth-order valence-electron chi connectivity index (χ4n) is 2.75. The first kappa shape index (κ1) is 18.7. The number of aliphatic carboxylic acids is 1. The Bertz CT molecular complexity index is 575. The zero-order chi connectivity index (χ0) is 17.2. The highest BCUT2D eigenvalue weighted by atomic mass is 32.2. The number of amides is 1. The Kier molecular flexibility index (Phi) is 5.78. The normalized spacial score (nSPS) is 22.6. The quantitative estimate of drug-likeness (QED) is 0.716. The van der Waals surface area contributed by atoms with Gasteiger partial charge in [0.1, 0.15) is 6.04 Å². The summed E-state index contributed by atoms with van der Waals surface area (Å²) in [6.45, 7) is 3.51. The monoisotopic (exact) mass is 331 g/mol. The Morgan fingerprint density at radius 2 is 1.68 bits per heavy atom. The molecule has 0 aromatic rings. The Labute approximate surface area is 131 Å². The number of carbonyl (C=O) groups excluding carboxylic acids is 2. The van der Waals surface area contributed by atoms with E-state index in [2.05, 4.69) is 0 Å². The van der Waals surface area contributed by atoms with Crippen molar-refractivity contribution in [3.05, 3.63) is 0 Å². The zero-order valence-corrected chi connectivity index (χ0v) is 14.6. The number of carbonyl (C=O) groups is 3. The predicted octanol–water partition coefficient (Wildman–Crippen LogP) is 0.496. The summed E-state index contributed by atoms with van der Waals surface area (Å²) in [5.41, 5.74) is 0. The molecule has 126 valence electrons. The summed E-state index contributed by atoms with van der Waals surface area (Å²) in [4.78, 5) is 36.7. The van der Waals surface area contributed by atoms with Gasteiger partial charge in [-0.25, -0.2) is 4.79 Å². The van der Waals surface area contributed by atoms with Crippen LogP contribution in [0.1, 0.15) is 26.7 Å². The molecule has 0 aromatic carbocycles. The molecule has 0 aliphatic heterocycles. The van der Waals surface area contributed by atoms with E-state index in [1.54, 1.807) is 13.8 Å². The third-order valence-corrected chi connectivity index (χ3v) is 4.74. The first-order valence-corrected chi connectivity index (χ1v) is 9.70. The molecule has 0 aromatic heterocycles. The average Bonchev–Trinajstić information content (AvgIpc) is 2.22. The van der Waals surface area contributed by atoms with Crippen molar-refractivity contribution < 1.29 is 23.7 Å². The third-order valence-electron chi connectivity index (χ3n) is 3.94. The van der Waals surface area contributed by atoms with Crippen molar-refractivity contribution in [2.24, 2.45) is 17.8 Å². The van der Waals surface area contributed by atoms with Gasteiger partial charge in [0.15, 0.2) is 5.78 Å². The highest BCUT2D eigenvalue weighted by Gasteiger charge is 2.42. The van der Waals surface area contributed by atoms with Gasteiger partial charge in [0, 0.05) is 36.8 Å². The first-order valence-electron chi connectivity index (χ1n) is 7.26. The second-order valence-corrected chi connectivity index (χ2v) is 9.53. The minimum Gasteiger partial charge on any atom is -0.480 e. The van der Waals surface area contributed by atoms with Gasteiger partial charge in [0.05, 0.1) is 0 Å². The van der Waals surface area contributed by atoms with Crippen LogP contribution in [-0.4, -0.2) is 62.8 Å². The van der Waals surface area contributed by atoms with E-state index in [0.29, 0.717) is 12.8 Å². The first-order chi connectivity index (χ1) is 9.94. The lowest BCUT2D eigenvalue weighted by Gasteiger charge is -2.37. The molecular formula is C15H25NO5S. The van der Waals surface area contributed by atoms with Gasteiger partial charge in [-0.15, -0.1) is 0 Å². The summed E-state index contributed by atoms with van der Waals surface area (Å²) in [6, 6.07) is -0.862. The number of likely N-dealkylation sites (N-methyl/N-ethyl adjacent to an activating group) is 1. The molecule has 1 atom stereocenters. The summed E-state index contributed by atoms with van der Waals surface area (Å²) in [5, 5.41) is 10.5. The van der Waals surface area contributed by atoms with Crippen LogP contribution < -0.4 is 0 Å². The Hall–Kier alpha value is -1.37. The summed E-state index contributed by atoms with van der Waals surface area (Å²) in [6.07, 6.45) is 3.80. The molecular weight excluding hydrogens is 306 g/mol. The van der Waals surface area contributed by atoms with Crippen molar-refractivity contribution in [3.8, 4) is 0 Å². The average molecular weight is 331 g/mol. The molecule has 1 saturated carbocycles. The standard InChI is InChI=1S/C15H25NO5S/c1-9(2)13(15(19)20)16(3)14(18)11-6-10(7-11)12(17)8-22(4,5)21/h8-11,13H,6-7H2,1-5H3,(H,19,20)/t10?,11?,13-/m0/s1. The molecule has 6 nitrogen and oxygen atoms in total. The van der Waals surface area contributed by atoms with Crippen LogP contribution in [0.4, 0.5) is 0 Å². The third kappa shape index (κ3) is 4.56. The van der Waals surface area contributed by atoms with Crippen LogP contribution in [0, 0.1) is 17.8 Å². The number of nitrogens with zero attached hydrogens (tertiary/aromatic N) is 1. The topological polar surface area (TPSA) is 91.8 Å². The SMILES string of the molecule is CC(C)[C@@H](C(=O)O)N(C)C(=O)C1CC(C(=O)C=S(C)(C)=O)C1. The lowest BCUT2D eigenvalue weighted by atomic mass is 9.72. The summed E-state index contributed by atoms with van der Waals surface area (Å²) >= 11 is 0. The molecule has 1 rings (SSSR count). The number of carboxylic acid groups (broad SMARTS) is 1. The fourth-order valence-corrected chi connectivity index (χ4v) is 3.50. The van der Waals surface area contributed by atoms with E-state index in [1.807, 2.05) is 0 Å². The summed E-state index contributed by atoms with van der Waals surface area (Å²) in [5.74, 6) is -2.23. The van der Waals surface area contributed by atoms with Gasteiger partial charge in [0.2, 0.25) is 5.91 Å². The Morgan fingerprint density at radius 3 is 2.05 bits per heavy atom. The van der Waals surface area contributed by atoms with E-state index >= 15 is 0 Å². The van der Waals surface area contributed by atoms with Gasteiger partial charge >= 0.3 is 5.97 Å². The van der Waals surface area contributed by atoms with Crippen LogP contribution >= 0.6 is 0 Å². The van der Waals surface area contributed by atoms with Gasteiger partial charge in [0.25, 0.3) is 0 Å². The largest absolute Gasteiger partial charge is 0.480 e. The molecule has 1 amide bonds. The lowest BCUT2D eigenvalue weighted by Crippen LogP contribution is -2.50. The molecule has 0 saturated heterocycles. The van der Waals surface area contributed by atoms with Crippen LogP contribution in [0.25, 0.3) is 0 Å². The van der Waals surface area contributed by atoms with Crippen LogP contribution in [0.3, 0.4) is 0 Å². The Morgan fingerprint density at radius 1 is 1.18 bits per heavy atom. The van der Waals surface area contributed by atoms with Gasteiger partial charge in [-0.05, 0) is 28.3 Å². The number of hydrogen-bond acceptors (Lipinski definition) is 4. The predicted molar refractivity (Wildman–Crippen MR) is 86.3 cm³/mol. The van der Waals surface area contributed by atoms with E-state index in [-0.39, 0.29) is 29.4 Å². The Balaban J connectivity index is 2.67. The van der Waals surface area contributed by atoms with Crippen molar-refractivity contribution >= 4 is 32.5 Å². The molecule has 0 spiro atoms. The molecule has 1 aliphatic rings. The van der Waals surface area contributed by atoms with Crippen LogP contribution in [0.5, 0.6) is 0 Å². The van der Waals surface area contributed by atoms with E-state index < -0.39 is 21.5 Å². The minimum absolute atomic E-state index is 0.180. The van der Waals surface area contributed by atoms with Crippen LogP contribution in [-0.2, 0) is 23.9 Å². The van der Waals surface area contributed by atoms with Gasteiger partial charge in [-0.1, -0.05) is 13.8 Å². The van der Waals surface area contributed by atoms with E-state index in [9.17, 15) is 23.7 Å². The summed E-state index contributed by atoms with van der Waals surface area (Å²) < 4.78 is 11.6. The van der Waals surface area contributed by atoms with Gasteiger partial charge < -0.3 is 10.0 Å². The second-order valence-electron chi connectivity index (χ2n) is 6.67. The smallest absolute Gasteiger partial charge is 0.326 e. The summed E-state index contributed by atoms with van der Waals surface area (Å²) in [7, 11) is -0.739. The number of hydrogen-bond donors (Lipinski definition) is 1.